The summed E-state index contributed by atoms with van der Waals surface area (Å²) >= 11 is 9.71. The zero-order chi connectivity index (χ0) is 23.9. The number of aromatic nitrogens is 4. The van der Waals surface area contributed by atoms with Crippen LogP contribution in [0, 0.1) is 0 Å². The van der Waals surface area contributed by atoms with Crippen LogP contribution in [0.25, 0.3) is 55.4 Å². The van der Waals surface area contributed by atoms with Crippen LogP contribution in [0.1, 0.15) is 25.0 Å². The van der Waals surface area contributed by atoms with E-state index in [-0.39, 0.29) is 5.41 Å². The number of fused-ring (bicyclic) bond motifs is 5. The van der Waals surface area contributed by atoms with Crippen LogP contribution in [0.3, 0.4) is 0 Å². The average Bonchev–Trinajstić information content (AvgIpc) is 3.59. The molecule has 7 rings (SSSR count). The molecule has 35 heavy (non-hydrogen) atoms. The van der Waals surface area contributed by atoms with Gasteiger partial charge >= 0.3 is 0 Å². The summed E-state index contributed by atoms with van der Waals surface area (Å²) in [7, 11) is 0. The van der Waals surface area contributed by atoms with Crippen LogP contribution in [0.4, 0.5) is 0 Å². The predicted octanol–water partition coefficient (Wildman–Crippen LogP) is 8.86. The van der Waals surface area contributed by atoms with E-state index >= 15 is 0 Å². The first-order valence-electron chi connectivity index (χ1n) is 11.1. The van der Waals surface area contributed by atoms with Crippen molar-refractivity contribution in [2.24, 2.45) is 0 Å². The van der Waals surface area contributed by atoms with Crippen LogP contribution in [0.2, 0.25) is 0 Å². The van der Waals surface area contributed by atoms with E-state index in [1.54, 1.807) is 0 Å². The van der Waals surface area contributed by atoms with Gasteiger partial charge in [0.2, 0.25) is 0 Å². The number of halogens is 2. The number of rotatable bonds is 2. The number of hydrogen-bond donors (Lipinski definition) is 0. The molecular formula is C27H16Br2N4S2. The predicted molar refractivity (Wildman–Crippen MR) is 152 cm³/mol. The molecule has 0 spiro atoms. The van der Waals surface area contributed by atoms with Crippen molar-refractivity contribution in [2.75, 3.05) is 0 Å². The van der Waals surface area contributed by atoms with E-state index in [1.165, 1.54) is 56.8 Å². The number of nitrogens with zero attached hydrogens (tertiary/aromatic N) is 4. The summed E-state index contributed by atoms with van der Waals surface area (Å²) in [6.45, 7) is 4.63. The van der Waals surface area contributed by atoms with Crippen molar-refractivity contribution in [1.82, 2.24) is 17.5 Å². The van der Waals surface area contributed by atoms with Gasteiger partial charge in [-0.1, -0.05) is 50.2 Å². The van der Waals surface area contributed by atoms with Crippen molar-refractivity contribution in [3.8, 4) is 33.4 Å². The van der Waals surface area contributed by atoms with Gasteiger partial charge in [-0.25, -0.2) is 0 Å². The molecule has 0 bridgehead atoms. The number of hydrogen-bond acceptors (Lipinski definition) is 6. The summed E-state index contributed by atoms with van der Waals surface area (Å²) in [6, 6.07) is 22.0. The average molecular weight is 620 g/mol. The molecule has 0 aliphatic heterocycles. The Bertz CT molecular complexity index is 1690. The van der Waals surface area contributed by atoms with Crippen molar-refractivity contribution in [2.45, 2.75) is 19.3 Å². The summed E-state index contributed by atoms with van der Waals surface area (Å²) in [5.41, 5.74) is 13.4. The van der Waals surface area contributed by atoms with Crippen LogP contribution in [-0.4, -0.2) is 17.5 Å². The van der Waals surface area contributed by atoms with E-state index in [0.29, 0.717) is 0 Å². The maximum Gasteiger partial charge on any atom is 0.119 e. The maximum absolute atomic E-state index is 4.58. The summed E-state index contributed by atoms with van der Waals surface area (Å²) in [6.07, 6.45) is 0. The van der Waals surface area contributed by atoms with Gasteiger partial charge in [-0.3, -0.25) is 0 Å². The van der Waals surface area contributed by atoms with Gasteiger partial charge in [0.15, 0.2) is 0 Å². The number of benzene rings is 4. The molecule has 8 heteroatoms. The zero-order valence-electron chi connectivity index (χ0n) is 18.6. The summed E-state index contributed by atoms with van der Waals surface area (Å²) < 4.78 is 20.1. The van der Waals surface area contributed by atoms with Gasteiger partial charge < -0.3 is 0 Å². The quantitative estimate of drug-likeness (QED) is 0.194. The Morgan fingerprint density at radius 3 is 1.40 bits per heavy atom. The first-order chi connectivity index (χ1) is 16.9. The zero-order valence-corrected chi connectivity index (χ0v) is 23.4. The highest BCUT2D eigenvalue weighted by atomic mass is 79.9. The van der Waals surface area contributed by atoms with E-state index < -0.39 is 0 Å². The van der Waals surface area contributed by atoms with E-state index in [2.05, 4.69) is 124 Å². The van der Waals surface area contributed by atoms with E-state index in [1.807, 2.05) is 0 Å². The smallest absolute Gasteiger partial charge is 0.119 e. The van der Waals surface area contributed by atoms with Crippen LogP contribution in [0.15, 0.2) is 69.6 Å². The second kappa shape index (κ2) is 7.74. The molecular weight excluding hydrogens is 604 g/mol. The molecule has 0 saturated heterocycles. The van der Waals surface area contributed by atoms with Gasteiger partial charge in [0.25, 0.3) is 0 Å². The van der Waals surface area contributed by atoms with Crippen LogP contribution in [0.5, 0.6) is 0 Å². The van der Waals surface area contributed by atoms with Crippen LogP contribution < -0.4 is 0 Å². The lowest BCUT2D eigenvalue weighted by Crippen LogP contribution is -2.15. The Balaban J connectivity index is 1.38. The van der Waals surface area contributed by atoms with Crippen LogP contribution >= 0.6 is 55.3 Å². The fourth-order valence-electron chi connectivity index (χ4n) is 5.21. The van der Waals surface area contributed by atoms with E-state index in [9.17, 15) is 0 Å². The Labute approximate surface area is 227 Å². The van der Waals surface area contributed by atoms with Crippen molar-refractivity contribution < 1.29 is 0 Å². The molecule has 0 saturated carbocycles. The molecule has 4 nitrogen and oxygen atoms in total. The Kier molecular flexibility index (Phi) is 4.81. The molecule has 0 N–H and O–H groups in total. The highest BCUT2D eigenvalue weighted by molar-refractivity contribution is 9.11. The molecule has 0 fully saturated rings. The second-order valence-electron chi connectivity index (χ2n) is 9.26. The molecule has 6 aromatic rings. The van der Waals surface area contributed by atoms with Crippen molar-refractivity contribution in [3.05, 3.63) is 80.7 Å². The van der Waals surface area contributed by atoms with Gasteiger partial charge in [-0.05, 0) is 89.5 Å². The summed E-state index contributed by atoms with van der Waals surface area (Å²) in [4.78, 5) is 0. The van der Waals surface area contributed by atoms with Crippen LogP contribution in [-0.2, 0) is 5.41 Å². The second-order valence-corrected chi connectivity index (χ2v) is 12.0. The lowest BCUT2D eigenvalue weighted by atomic mass is 9.80. The molecule has 170 valence electrons. The van der Waals surface area contributed by atoms with Gasteiger partial charge in [-0.2, -0.15) is 17.5 Å². The SMILES string of the molecule is CC1(C)c2cc(-c3ccc(Br)c4nsnc34)ccc2-c2ccc(-c3ccc(Br)c4nsnc34)cc21. The van der Waals surface area contributed by atoms with Crippen molar-refractivity contribution in [1.29, 1.82) is 0 Å². The largest absolute Gasteiger partial charge is 0.172 e. The molecule has 0 atom stereocenters. The van der Waals surface area contributed by atoms with Crippen molar-refractivity contribution >= 4 is 77.4 Å². The fourth-order valence-corrected chi connectivity index (χ4v) is 7.41. The standard InChI is InChI=1S/C27H16Br2N4S2/c1-27(2)19-11-13(15-7-9-21(28)25-23(15)30-34-32-25)3-5-17(19)18-6-4-14(12-20(18)27)16-8-10-22(29)26-24(16)31-35-33-26/h3-12H,1-2H3. The summed E-state index contributed by atoms with van der Waals surface area (Å²) in [5, 5.41) is 0. The van der Waals surface area contributed by atoms with E-state index in [0.717, 1.165) is 42.1 Å². The minimum atomic E-state index is -0.139. The van der Waals surface area contributed by atoms with Gasteiger partial charge in [0.05, 0.1) is 23.5 Å². The topological polar surface area (TPSA) is 51.6 Å². The Morgan fingerprint density at radius 2 is 0.943 bits per heavy atom. The molecule has 2 heterocycles. The normalized spacial score (nSPS) is 13.9. The third kappa shape index (κ3) is 3.13. The monoisotopic (exact) mass is 618 g/mol. The van der Waals surface area contributed by atoms with Gasteiger partial charge in [0, 0.05) is 25.5 Å². The minimum Gasteiger partial charge on any atom is -0.172 e. The third-order valence-corrected chi connectivity index (χ3v) is 9.37. The van der Waals surface area contributed by atoms with E-state index in [4.69, 9.17) is 0 Å². The lowest BCUT2D eigenvalue weighted by molar-refractivity contribution is 0.661. The highest BCUT2D eigenvalue weighted by Gasteiger charge is 2.36. The lowest BCUT2D eigenvalue weighted by Gasteiger charge is -2.22. The fraction of sp³-hybridized carbons (Fsp3) is 0.111. The molecule has 0 amide bonds. The Morgan fingerprint density at radius 1 is 0.543 bits per heavy atom. The van der Waals surface area contributed by atoms with Gasteiger partial charge in [0.1, 0.15) is 22.1 Å². The maximum atomic E-state index is 4.58. The highest BCUT2D eigenvalue weighted by Crippen LogP contribution is 2.51. The molecule has 0 unspecified atom stereocenters. The molecule has 1 aliphatic rings. The van der Waals surface area contributed by atoms with Crippen molar-refractivity contribution in [3.63, 3.8) is 0 Å². The third-order valence-electron chi connectivity index (χ3n) is 7.03. The minimum absolute atomic E-state index is 0.139. The van der Waals surface area contributed by atoms with Gasteiger partial charge in [-0.15, -0.1) is 0 Å². The Hall–Kier alpha value is -2.52. The first kappa shape index (κ1) is 21.7. The summed E-state index contributed by atoms with van der Waals surface area (Å²) in [5.74, 6) is 0. The first-order valence-corrected chi connectivity index (χ1v) is 14.1. The molecule has 0 radical (unpaired) electrons. The molecule has 4 aromatic carbocycles. The molecule has 2 aromatic heterocycles. The molecule has 1 aliphatic carbocycles.